The topological polar surface area (TPSA) is 61.4 Å². The summed E-state index contributed by atoms with van der Waals surface area (Å²) in [6, 6.07) is 4.53. The van der Waals surface area contributed by atoms with E-state index in [4.69, 9.17) is 11.6 Å². The van der Waals surface area contributed by atoms with E-state index in [-0.39, 0.29) is 36.6 Å². The summed E-state index contributed by atoms with van der Waals surface area (Å²) in [5.41, 5.74) is 0.891. The number of aryl methyl sites for hydroxylation is 1. The molecule has 6 nitrogen and oxygen atoms in total. The van der Waals surface area contributed by atoms with Crippen LogP contribution >= 0.6 is 11.6 Å². The van der Waals surface area contributed by atoms with Gasteiger partial charge >= 0.3 is 12.2 Å². The molecule has 0 radical (unpaired) electrons. The van der Waals surface area contributed by atoms with Crippen LogP contribution in [0.3, 0.4) is 0 Å². The normalized spacial score (nSPS) is 19.3. The number of likely N-dealkylation sites (N-methyl/N-ethyl adjacent to an activating group) is 1. The van der Waals surface area contributed by atoms with Crippen molar-refractivity contribution in [1.82, 2.24) is 20.4 Å². The first-order chi connectivity index (χ1) is 14.6. The molecule has 2 aromatic rings. The fourth-order valence-corrected chi connectivity index (χ4v) is 3.70. The smallest absolute Gasteiger partial charge is 0.352 e. The largest absolute Gasteiger partial charge is 0.393 e. The Balaban J connectivity index is 1.71. The summed E-state index contributed by atoms with van der Waals surface area (Å²) in [6.45, 7) is 1.50. The van der Waals surface area contributed by atoms with Crippen molar-refractivity contribution in [2.75, 3.05) is 25.0 Å². The Morgan fingerprint density at radius 1 is 1.35 bits per heavy atom. The minimum atomic E-state index is -4.42. The highest BCUT2D eigenvalue weighted by atomic mass is 35.5. The molecule has 1 aromatic carbocycles. The molecule has 0 saturated carbocycles. The first-order valence-electron chi connectivity index (χ1n) is 9.60. The number of benzene rings is 1. The van der Waals surface area contributed by atoms with Crippen LogP contribution in [0.15, 0.2) is 30.5 Å². The van der Waals surface area contributed by atoms with E-state index in [1.807, 2.05) is 0 Å². The lowest BCUT2D eigenvalue weighted by Crippen LogP contribution is -2.56. The molecule has 0 bridgehead atoms. The molecule has 2 amide bonds. The molecule has 0 unspecified atom stereocenters. The van der Waals surface area contributed by atoms with E-state index in [2.05, 4.69) is 15.5 Å². The first kappa shape index (κ1) is 23.1. The lowest BCUT2D eigenvalue weighted by Gasteiger charge is -2.42. The molecule has 0 aliphatic carbocycles. The Labute approximate surface area is 182 Å². The molecule has 0 spiro atoms. The average Bonchev–Trinajstić information content (AvgIpc) is 2.74. The number of hydrogen-bond donors (Lipinski definition) is 1. The third-order valence-corrected chi connectivity index (χ3v) is 5.81. The summed E-state index contributed by atoms with van der Waals surface area (Å²) in [7, 11) is 1.43. The highest BCUT2D eigenvalue weighted by Gasteiger charge is 2.46. The van der Waals surface area contributed by atoms with E-state index >= 15 is 0 Å². The quantitative estimate of drug-likeness (QED) is 0.697. The summed E-state index contributed by atoms with van der Waals surface area (Å²) in [5, 5.41) is 10.5. The molecule has 1 N–H and O–H groups in total. The Kier molecular flexibility index (Phi) is 6.88. The second-order valence-electron chi connectivity index (χ2n) is 7.58. The van der Waals surface area contributed by atoms with Crippen LogP contribution in [0.5, 0.6) is 0 Å². The number of halogens is 5. The van der Waals surface area contributed by atoms with Crippen LogP contribution in [0.2, 0.25) is 5.02 Å². The van der Waals surface area contributed by atoms with E-state index in [0.29, 0.717) is 11.4 Å². The molecule has 3 rings (SSSR count). The first-order valence-corrected chi connectivity index (χ1v) is 9.98. The van der Waals surface area contributed by atoms with Gasteiger partial charge in [0.1, 0.15) is 5.82 Å². The minimum Gasteiger partial charge on any atom is -0.352 e. The second-order valence-corrected chi connectivity index (χ2v) is 7.98. The van der Waals surface area contributed by atoms with Gasteiger partial charge in [0.25, 0.3) is 0 Å². The van der Waals surface area contributed by atoms with Crippen molar-refractivity contribution in [3.05, 3.63) is 52.4 Å². The van der Waals surface area contributed by atoms with Crippen molar-refractivity contribution in [1.29, 1.82) is 0 Å². The van der Waals surface area contributed by atoms with Gasteiger partial charge in [-0.25, -0.2) is 9.18 Å². The molecule has 1 aromatic heterocycles. The minimum absolute atomic E-state index is 0.115. The molecule has 168 valence electrons. The summed E-state index contributed by atoms with van der Waals surface area (Å²) < 4.78 is 54.6. The van der Waals surface area contributed by atoms with Crippen molar-refractivity contribution >= 4 is 23.4 Å². The third-order valence-electron chi connectivity index (χ3n) is 5.40. The van der Waals surface area contributed by atoms with Crippen molar-refractivity contribution in [2.24, 2.45) is 5.92 Å². The average molecular weight is 460 g/mol. The molecule has 1 fully saturated rings. The Morgan fingerprint density at radius 3 is 2.74 bits per heavy atom. The molecular formula is C20H22ClF4N5O. The number of carbonyl (C=O) groups excluding carboxylic acids is 1. The lowest BCUT2D eigenvalue weighted by molar-refractivity contribution is -0.179. The van der Waals surface area contributed by atoms with Crippen LogP contribution in [-0.2, 0) is 6.54 Å². The van der Waals surface area contributed by atoms with Gasteiger partial charge < -0.3 is 15.1 Å². The van der Waals surface area contributed by atoms with Gasteiger partial charge in [0.2, 0.25) is 0 Å². The van der Waals surface area contributed by atoms with Crippen LogP contribution in [0.1, 0.15) is 17.5 Å². The summed E-state index contributed by atoms with van der Waals surface area (Å²) in [5.74, 6) is -1.88. The van der Waals surface area contributed by atoms with Crippen molar-refractivity contribution in [3.63, 3.8) is 0 Å². The van der Waals surface area contributed by atoms with Gasteiger partial charge in [-0.2, -0.15) is 18.3 Å². The van der Waals surface area contributed by atoms with Gasteiger partial charge in [0.15, 0.2) is 5.82 Å². The maximum absolute atomic E-state index is 14.1. The molecule has 2 heterocycles. The fraction of sp³-hybridized carbons (Fsp3) is 0.450. The molecule has 1 aliphatic heterocycles. The highest BCUT2D eigenvalue weighted by Crippen LogP contribution is 2.35. The number of nitrogens with one attached hydrogen (secondary N) is 1. The Morgan fingerprint density at radius 2 is 2.10 bits per heavy atom. The molecular weight excluding hydrogens is 438 g/mol. The maximum Gasteiger partial charge on any atom is 0.393 e. The van der Waals surface area contributed by atoms with Crippen LogP contribution in [0, 0.1) is 18.7 Å². The van der Waals surface area contributed by atoms with Crippen molar-refractivity contribution in [3.8, 4) is 0 Å². The maximum atomic E-state index is 14.1. The van der Waals surface area contributed by atoms with E-state index in [1.54, 1.807) is 19.1 Å². The number of nitrogens with zero attached hydrogens (tertiary/aromatic N) is 4. The van der Waals surface area contributed by atoms with Gasteiger partial charge in [-0.1, -0.05) is 11.6 Å². The highest BCUT2D eigenvalue weighted by molar-refractivity contribution is 6.31. The van der Waals surface area contributed by atoms with Gasteiger partial charge in [-0.15, -0.1) is 5.10 Å². The molecule has 2 atom stereocenters. The number of anilines is 1. The second kappa shape index (κ2) is 9.25. The molecule has 1 saturated heterocycles. The van der Waals surface area contributed by atoms with E-state index in [9.17, 15) is 22.4 Å². The van der Waals surface area contributed by atoms with Crippen LogP contribution in [0.4, 0.5) is 28.2 Å². The zero-order valence-electron chi connectivity index (χ0n) is 17.0. The van der Waals surface area contributed by atoms with Crippen molar-refractivity contribution in [2.45, 2.75) is 32.1 Å². The summed E-state index contributed by atoms with van der Waals surface area (Å²) in [4.78, 5) is 15.3. The molecule has 31 heavy (non-hydrogen) atoms. The number of piperidine rings is 1. The number of alkyl halides is 3. The van der Waals surface area contributed by atoms with E-state index in [0.717, 1.165) is 6.07 Å². The molecule has 1 aliphatic rings. The van der Waals surface area contributed by atoms with Crippen LogP contribution in [0.25, 0.3) is 0 Å². The number of urea groups is 1. The summed E-state index contributed by atoms with van der Waals surface area (Å²) >= 11 is 5.87. The van der Waals surface area contributed by atoms with Crippen molar-refractivity contribution < 1.29 is 22.4 Å². The van der Waals surface area contributed by atoms with E-state index < -0.39 is 30.0 Å². The third kappa shape index (κ3) is 5.55. The number of aromatic nitrogens is 2. The van der Waals surface area contributed by atoms with Crippen LogP contribution < -0.4 is 10.2 Å². The lowest BCUT2D eigenvalue weighted by atomic mass is 9.93. The van der Waals surface area contributed by atoms with E-state index in [1.165, 1.54) is 29.1 Å². The molecule has 11 heteroatoms. The fourth-order valence-electron chi connectivity index (χ4n) is 3.55. The zero-order valence-corrected chi connectivity index (χ0v) is 17.7. The Hall–Kier alpha value is -2.62. The number of amides is 2. The predicted molar refractivity (Wildman–Crippen MR) is 108 cm³/mol. The monoisotopic (exact) mass is 459 g/mol. The SMILES string of the molecule is Cc1cc(CNC(=O)N(C)[C@@H]2C[C@H](C(F)(F)F)CN(c3cccnn3)C2)c(F)cc1Cl. The summed E-state index contributed by atoms with van der Waals surface area (Å²) in [6.07, 6.45) is -3.22. The number of carbonyl (C=O) groups is 1. The zero-order chi connectivity index (χ0) is 22.8. The van der Waals surface area contributed by atoms with Gasteiger partial charge in [0.05, 0.1) is 12.0 Å². The number of hydrogen-bond acceptors (Lipinski definition) is 4. The van der Waals surface area contributed by atoms with Crippen LogP contribution in [-0.4, -0.2) is 53.5 Å². The Bertz CT molecular complexity index is 928. The standard InChI is InChI=1S/C20H22ClF4N5O/c1-12-6-13(17(22)8-16(12)21)9-26-19(31)29(2)15-7-14(20(23,24)25)10-30(11-15)18-4-3-5-27-28-18/h3-6,8,14-15H,7,9-11H2,1-2H3,(H,26,31)/t14-,15+/m0/s1. The van der Waals surface area contributed by atoms with Gasteiger partial charge in [0, 0.05) is 43.5 Å². The predicted octanol–water partition coefficient (Wildman–Crippen LogP) is 4.18. The van der Waals surface area contributed by atoms with Gasteiger partial charge in [-0.05, 0) is 43.2 Å². The number of rotatable bonds is 4. The van der Waals surface area contributed by atoms with Gasteiger partial charge in [-0.3, -0.25) is 0 Å².